The van der Waals surface area contributed by atoms with E-state index < -0.39 is 22.0 Å². The molecule has 2 heterocycles. The van der Waals surface area contributed by atoms with Crippen molar-refractivity contribution in [3.63, 3.8) is 0 Å². The molecule has 1 aromatic carbocycles. The number of carbonyl (C=O) groups excluding carboxylic acids is 1. The Balaban J connectivity index is 2.07. The van der Waals surface area contributed by atoms with Crippen molar-refractivity contribution in [2.75, 3.05) is 13.7 Å². The number of hydrogen-bond acceptors (Lipinski definition) is 6. The normalized spacial score (nSPS) is 20.4. The number of rotatable bonds is 5. The molecule has 27 heavy (non-hydrogen) atoms. The van der Waals surface area contributed by atoms with Crippen LogP contribution in [0.2, 0.25) is 0 Å². The van der Waals surface area contributed by atoms with Crippen LogP contribution in [0.3, 0.4) is 0 Å². The first-order chi connectivity index (χ1) is 12.9. The number of nitrogens with zero attached hydrogens (tertiary/aromatic N) is 1. The molecule has 3 rings (SSSR count). The van der Waals surface area contributed by atoms with E-state index in [2.05, 4.69) is 6.58 Å². The third kappa shape index (κ3) is 3.63. The third-order valence-electron chi connectivity index (χ3n) is 4.65. The monoisotopic (exact) mass is 408 g/mol. The van der Waals surface area contributed by atoms with E-state index in [-0.39, 0.29) is 23.8 Å². The predicted molar refractivity (Wildman–Crippen MR) is 102 cm³/mol. The Labute approximate surface area is 161 Å². The fourth-order valence-corrected chi connectivity index (χ4v) is 5.79. The van der Waals surface area contributed by atoms with Crippen LogP contribution in [0.15, 0.2) is 53.3 Å². The minimum atomic E-state index is -3.99. The van der Waals surface area contributed by atoms with Crippen LogP contribution in [0.5, 0.6) is 5.75 Å². The molecule has 2 atom stereocenters. The molecule has 1 aromatic heterocycles. The molecule has 0 aliphatic carbocycles. The lowest BCUT2D eigenvalue weighted by molar-refractivity contribution is -0.133. The number of sulfonamides is 1. The topological polar surface area (TPSA) is 95.9 Å². The molecular weight excluding hydrogens is 388 g/mol. The first-order valence-electron chi connectivity index (χ1n) is 8.21. The number of hydroxylamine groups is 1. The summed E-state index contributed by atoms with van der Waals surface area (Å²) in [7, 11) is -2.50. The van der Waals surface area contributed by atoms with Crippen LogP contribution in [0.1, 0.15) is 16.4 Å². The predicted octanol–water partition coefficient (Wildman–Crippen LogP) is 2.15. The van der Waals surface area contributed by atoms with Crippen LogP contribution in [0.4, 0.5) is 0 Å². The molecular formula is C18H20N2O5S2. The summed E-state index contributed by atoms with van der Waals surface area (Å²) in [4.78, 5) is 13.3. The lowest BCUT2D eigenvalue weighted by Gasteiger charge is -2.29. The lowest BCUT2D eigenvalue weighted by Crippen LogP contribution is -2.50. The van der Waals surface area contributed by atoms with Crippen molar-refractivity contribution in [2.45, 2.75) is 23.3 Å². The first kappa shape index (κ1) is 19.6. The number of carbonyl (C=O) groups is 1. The summed E-state index contributed by atoms with van der Waals surface area (Å²) in [6.45, 7) is 3.88. The minimum absolute atomic E-state index is 0.0482. The van der Waals surface area contributed by atoms with Crippen LogP contribution in [0, 0.1) is 0 Å². The summed E-state index contributed by atoms with van der Waals surface area (Å²) in [6, 6.07) is 6.83. The molecule has 1 aliphatic rings. The standard InChI is InChI=1S/C18H20N2O5S2/c1-3-12-11-20(27(23,24)14-6-4-13(25-2)5-7-14)16(18(21)19-22)10-17-15(12)8-9-26-17/h3-9,12,16,22H,1,10-11H2,2H3,(H,19,21)/t12-,16+/m1/s1. The molecule has 0 bridgehead atoms. The first-order valence-corrected chi connectivity index (χ1v) is 10.5. The Hall–Kier alpha value is -2.20. The molecule has 0 saturated carbocycles. The van der Waals surface area contributed by atoms with E-state index >= 15 is 0 Å². The van der Waals surface area contributed by atoms with Crippen molar-refractivity contribution in [3.05, 3.63) is 58.8 Å². The molecule has 1 aliphatic heterocycles. The van der Waals surface area contributed by atoms with Crippen LogP contribution in [0.25, 0.3) is 0 Å². The van der Waals surface area contributed by atoms with Crippen molar-refractivity contribution in [3.8, 4) is 5.75 Å². The van der Waals surface area contributed by atoms with Crippen LogP contribution in [-0.2, 0) is 21.2 Å². The van der Waals surface area contributed by atoms with Crippen molar-refractivity contribution in [2.24, 2.45) is 0 Å². The number of methoxy groups -OCH3 is 1. The van der Waals surface area contributed by atoms with Gasteiger partial charge in [0, 0.05) is 23.8 Å². The van der Waals surface area contributed by atoms with E-state index in [0.29, 0.717) is 5.75 Å². The van der Waals surface area contributed by atoms with E-state index in [1.807, 2.05) is 11.4 Å². The van der Waals surface area contributed by atoms with Crippen LogP contribution < -0.4 is 10.2 Å². The molecule has 0 spiro atoms. The summed E-state index contributed by atoms with van der Waals surface area (Å²) in [5.74, 6) is -0.493. The number of fused-ring (bicyclic) bond motifs is 1. The Morgan fingerprint density at radius 3 is 2.67 bits per heavy atom. The molecule has 2 N–H and O–H groups in total. The average molecular weight is 409 g/mol. The quantitative estimate of drug-likeness (QED) is 0.449. The summed E-state index contributed by atoms with van der Waals surface area (Å²) in [5.41, 5.74) is 2.56. The highest BCUT2D eigenvalue weighted by Gasteiger charge is 2.40. The zero-order valence-corrected chi connectivity index (χ0v) is 16.3. The molecule has 0 fully saturated rings. The van der Waals surface area contributed by atoms with Crippen LogP contribution in [-0.4, -0.2) is 43.5 Å². The van der Waals surface area contributed by atoms with Gasteiger partial charge in [-0.25, -0.2) is 13.9 Å². The number of nitrogens with one attached hydrogen (secondary N) is 1. The largest absolute Gasteiger partial charge is 0.497 e. The number of hydrogen-bond donors (Lipinski definition) is 2. The van der Waals surface area contributed by atoms with Crippen LogP contribution >= 0.6 is 11.3 Å². The van der Waals surface area contributed by atoms with Gasteiger partial charge in [-0.15, -0.1) is 17.9 Å². The van der Waals surface area contributed by atoms with Gasteiger partial charge in [0.05, 0.1) is 12.0 Å². The molecule has 0 saturated heterocycles. The molecule has 1 amide bonds. The van der Waals surface area contributed by atoms with E-state index in [1.54, 1.807) is 23.7 Å². The average Bonchev–Trinajstić information content (AvgIpc) is 3.08. The number of amides is 1. The minimum Gasteiger partial charge on any atom is -0.497 e. The fourth-order valence-electron chi connectivity index (χ4n) is 3.19. The Bertz CT molecular complexity index is 937. The smallest absolute Gasteiger partial charge is 0.262 e. The van der Waals surface area contributed by atoms with E-state index in [0.717, 1.165) is 14.7 Å². The van der Waals surface area contributed by atoms with E-state index in [9.17, 15) is 13.2 Å². The molecule has 144 valence electrons. The highest BCUT2D eigenvalue weighted by atomic mass is 32.2. The Kier molecular flexibility index (Phi) is 5.66. The fraction of sp³-hybridized carbons (Fsp3) is 0.278. The molecule has 2 aromatic rings. The van der Waals surface area contributed by atoms with Gasteiger partial charge in [0.1, 0.15) is 11.8 Å². The highest BCUT2D eigenvalue weighted by Crippen LogP contribution is 2.35. The zero-order chi connectivity index (χ0) is 19.6. The second-order valence-electron chi connectivity index (χ2n) is 6.09. The van der Waals surface area contributed by atoms with Gasteiger partial charge < -0.3 is 4.74 Å². The summed E-state index contributed by atoms with van der Waals surface area (Å²) >= 11 is 1.46. The molecule has 7 nitrogen and oxygen atoms in total. The van der Waals surface area contributed by atoms with E-state index in [4.69, 9.17) is 9.94 Å². The van der Waals surface area contributed by atoms with Gasteiger partial charge in [-0.3, -0.25) is 10.0 Å². The van der Waals surface area contributed by atoms with Gasteiger partial charge in [-0.2, -0.15) is 4.31 Å². The maximum absolute atomic E-state index is 13.3. The maximum atomic E-state index is 13.3. The van der Waals surface area contributed by atoms with E-state index in [1.165, 1.54) is 30.6 Å². The number of ether oxygens (including phenoxy) is 1. The van der Waals surface area contributed by atoms with Gasteiger partial charge in [-0.1, -0.05) is 6.08 Å². The Morgan fingerprint density at radius 1 is 1.37 bits per heavy atom. The third-order valence-corrected chi connectivity index (χ3v) is 7.49. The number of thiophene rings is 1. The van der Waals surface area contributed by atoms with Crippen molar-refractivity contribution in [1.29, 1.82) is 0 Å². The maximum Gasteiger partial charge on any atom is 0.262 e. The molecule has 0 unspecified atom stereocenters. The van der Waals surface area contributed by atoms with Gasteiger partial charge >= 0.3 is 0 Å². The van der Waals surface area contributed by atoms with Crippen molar-refractivity contribution >= 4 is 27.3 Å². The van der Waals surface area contributed by atoms with Crippen molar-refractivity contribution < 1.29 is 23.2 Å². The Morgan fingerprint density at radius 2 is 2.07 bits per heavy atom. The van der Waals surface area contributed by atoms with Gasteiger partial charge in [0.2, 0.25) is 10.0 Å². The summed E-state index contributed by atoms with van der Waals surface area (Å²) in [6.07, 6.45) is 1.86. The van der Waals surface area contributed by atoms with Gasteiger partial charge in [-0.05, 0) is 41.3 Å². The van der Waals surface area contributed by atoms with Gasteiger partial charge in [0.15, 0.2) is 0 Å². The number of benzene rings is 1. The zero-order valence-electron chi connectivity index (χ0n) is 14.7. The second kappa shape index (κ2) is 7.81. The summed E-state index contributed by atoms with van der Waals surface area (Å²) in [5, 5.41) is 11.1. The lowest BCUT2D eigenvalue weighted by atomic mass is 10.0. The van der Waals surface area contributed by atoms with Gasteiger partial charge in [0.25, 0.3) is 5.91 Å². The highest BCUT2D eigenvalue weighted by molar-refractivity contribution is 7.89. The molecule has 0 radical (unpaired) electrons. The SMILES string of the molecule is C=C[C@@H]1CN(S(=O)(=O)c2ccc(OC)cc2)[C@H](C(=O)NO)Cc2sccc21. The molecule has 9 heteroatoms. The second-order valence-corrected chi connectivity index (χ2v) is 8.98. The summed E-state index contributed by atoms with van der Waals surface area (Å²) < 4.78 is 32.8. The van der Waals surface area contributed by atoms with Crippen molar-refractivity contribution in [1.82, 2.24) is 9.79 Å².